The zero-order valence-corrected chi connectivity index (χ0v) is 11.8. The van der Waals surface area contributed by atoms with Crippen molar-refractivity contribution in [2.75, 3.05) is 6.61 Å². The first-order valence-electron chi connectivity index (χ1n) is 4.83. The summed E-state index contributed by atoms with van der Waals surface area (Å²) in [5.74, 6) is -0.00424. The molecule has 1 atom stereocenters. The number of hydrogen-bond acceptors (Lipinski definition) is 2. The van der Waals surface area contributed by atoms with Gasteiger partial charge in [-0.2, -0.15) is 0 Å². The topological polar surface area (TPSA) is 29.6 Å². The first-order valence-corrected chi connectivity index (χ1v) is 6.41. The summed E-state index contributed by atoms with van der Waals surface area (Å²) in [5.41, 5.74) is 0.373. The van der Waals surface area contributed by atoms with Crippen LogP contribution in [0.25, 0.3) is 6.08 Å². The Morgan fingerprint density at radius 1 is 1.44 bits per heavy atom. The number of rotatable bonds is 3. The minimum Gasteiger partial charge on any atom is -0.361 e. The van der Waals surface area contributed by atoms with E-state index in [9.17, 15) is 4.79 Å². The minimum atomic E-state index is -0.606. The highest BCUT2D eigenvalue weighted by atomic mass is 79.9. The van der Waals surface area contributed by atoms with Gasteiger partial charge in [0, 0.05) is 4.47 Å². The second-order valence-corrected chi connectivity index (χ2v) is 5.66. The van der Waals surface area contributed by atoms with Gasteiger partial charge in [0.2, 0.25) is 5.78 Å². The average Bonchev–Trinajstić information content (AvgIpc) is 3.00. The summed E-state index contributed by atoms with van der Waals surface area (Å²) in [5, 5.41) is 0. The highest BCUT2D eigenvalue weighted by Crippen LogP contribution is 2.32. The van der Waals surface area contributed by atoms with Crippen LogP contribution in [0.1, 0.15) is 12.5 Å². The van der Waals surface area contributed by atoms with Gasteiger partial charge in [0.05, 0.1) is 11.1 Å². The van der Waals surface area contributed by atoms with Gasteiger partial charge in [0.15, 0.2) is 5.60 Å². The molecule has 1 saturated heterocycles. The van der Waals surface area contributed by atoms with E-state index >= 15 is 0 Å². The summed E-state index contributed by atoms with van der Waals surface area (Å²) in [6.07, 6.45) is 1.81. The molecule has 2 nitrogen and oxygen atoms in total. The van der Waals surface area contributed by atoms with E-state index in [1.54, 1.807) is 6.92 Å². The smallest absolute Gasteiger partial charge is 0.203 e. The lowest BCUT2D eigenvalue weighted by Gasteiger charge is -2.03. The summed E-state index contributed by atoms with van der Waals surface area (Å²) in [7, 11) is 0. The highest BCUT2D eigenvalue weighted by molar-refractivity contribution is 9.12. The van der Waals surface area contributed by atoms with E-state index in [0.717, 1.165) is 10.0 Å². The third-order valence-electron chi connectivity index (χ3n) is 2.44. The monoisotopic (exact) mass is 344 g/mol. The number of Topliss-reactive ketones (excluding diaryl/α,β-unsaturated/α-hetero) is 1. The number of benzene rings is 1. The van der Waals surface area contributed by atoms with E-state index in [0.29, 0.717) is 11.1 Å². The van der Waals surface area contributed by atoms with Gasteiger partial charge in [-0.25, -0.2) is 0 Å². The Balaban J connectivity index is 2.17. The van der Waals surface area contributed by atoms with Crippen molar-refractivity contribution in [1.29, 1.82) is 0 Å². The Kier molecular flexibility index (Phi) is 3.33. The van der Waals surface area contributed by atoms with E-state index in [1.165, 1.54) is 0 Å². The van der Waals surface area contributed by atoms with E-state index in [1.807, 2.05) is 30.3 Å². The lowest BCUT2D eigenvalue weighted by molar-refractivity contribution is -0.119. The van der Waals surface area contributed by atoms with Crippen LogP contribution in [0, 0.1) is 0 Å². The van der Waals surface area contributed by atoms with Crippen LogP contribution in [0.4, 0.5) is 0 Å². The molecule has 2 rings (SSSR count). The number of carbonyl (C=O) groups is 1. The quantitative estimate of drug-likeness (QED) is 0.619. The number of epoxide rings is 1. The first-order chi connectivity index (χ1) is 7.51. The van der Waals surface area contributed by atoms with Gasteiger partial charge in [-0.15, -0.1) is 0 Å². The van der Waals surface area contributed by atoms with Crippen molar-refractivity contribution in [3.63, 3.8) is 0 Å². The number of carbonyl (C=O) groups excluding carboxylic acids is 1. The van der Waals surface area contributed by atoms with E-state index in [-0.39, 0.29) is 5.78 Å². The first kappa shape index (κ1) is 12.0. The summed E-state index contributed by atoms with van der Waals surface area (Å²) in [4.78, 5) is 11.8. The summed E-state index contributed by atoms with van der Waals surface area (Å²) >= 11 is 6.66. The molecule has 4 heteroatoms. The molecule has 1 aliphatic heterocycles. The third-order valence-corrected chi connectivity index (χ3v) is 3.56. The van der Waals surface area contributed by atoms with Crippen LogP contribution in [-0.4, -0.2) is 18.0 Å². The van der Waals surface area contributed by atoms with E-state index in [4.69, 9.17) is 4.74 Å². The molecule has 0 saturated carbocycles. The van der Waals surface area contributed by atoms with Gasteiger partial charge in [-0.3, -0.25) is 4.79 Å². The maximum Gasteiger partial charge on any atom is 0.203 e. The normalized spacial score (nSPS) is 24.3. The van der Waals surface area contributed by atoms with Crippen LogP contribution in [0.2, 0.25) is 0 Å². The van der Waals surface area contributed by atoms with Crippen LogP contribution in [0.5, 0.6) is 0 Å². The van der Waals surface area contributed by atoms with Crippen LogP contribution in [-0.2, 0) is 9.53 Å². The predicted molar refractivity (Wildman–Crippen MR) is 70.4 cm³/mol. The van der Waals surface area contributed by atoms with Crippen molar-refractivity contribution in [2.24, 2.45) is 0 Å². The minimum absolute atomic E-state index is 0.00424. The molecule has 1 aliphatic rings. The largest absolute Gasteiger partial charge is 0.361 e. The fourth-order valence-corrected chi connectivity index (χ4v) is 2.21. The van der Waals surface area contributed by atoms with Crippen molar-refractivity contribution < 1.29 is 9.53 Å². The fourth-order valence-electron chi connectivity index (χ4n) is 1.26. The Hall–Kier alpha value is -0.450. The molecule has 16 heavy (non-hydrogen) atoms. The molecule has 0 aliphatic carbocycles. The predicted octanol–water partition coefficient (Wildman–Crippen LogP) is 3.54. The molecule has 0 bridgehead atoms. The standard InChI is InChI=1S/C12H10Br2O2/c1-12(7-16-12)11(15)10(14)6-8-2-4-9(13)5-3-8/h2-6H,7H2,1H3/b10-6-/t12-/m1/s1. The maximum atomic E-state index is 11.8. The third kappa shape index (κ3) is 2.62. The van der Waals surface area contributed by atoms with Crippen molar-refractivity contribution in [1.82, 2.24) is 0 Å². The lowest BCUT2D eigenvalue weighted by Crippen LogP contribution is -2.19. The molecule has 1 heterocycles. The van der Waals surface area contributed by atoms with Gasteiger partial charge in [0.25, 0.3) is 0 Å². The molecular weight excluding hydrogens is 336 g/mol. The van der Waals surface area contributed by atoms with Crippen LogP contribution >= 0.6 is 31.9 Å². The van der Waals surface area contributed by atoms with Crippen molar-refractivity contribution in [3.8, 4) is 0 Å². The van der Waals surface area contributed by atoms with Crippen molar-refractivity contribution in [2.45, 2.75) is 12.5 Å². The second-order valence-electron chi connectivity index (χ2n) is 3.89. The molecule has 0 amide bonds. The van der Waals surface area contributed by atoms with Crippen molar-refractivity contribution >= 4 is 43.7 Å². The van der Waals surface area contributed by atoms with Crippen LogP contribution in [0.3, 0.4) is 0 Å². The SMILES string of the molecule is C[C@]1(C(=O)/C(Br)=C/c2ccc(Br)cc2)CO1. The molecule has 84 valence electrons. The molecule has 0 N–H and O–H groups in total. The molecule has 0 unspecified atom stereocenters. The Morgan fingerprint density at radius 3 is 2.50 bits per heavy atom. The zero-order chi connectivity index (χ0) is 11.8. The van der Waals surface area contributed by atoms with Gasteiger partial charge in [-0.1, -0.05) is 28.1 Å². The number of ether oxygens (including phenoxy) is 1. The van der Waals surface area contributed by atoms with Gasteiger partial charge < -0.3 is 4.74 Å². The molecular formula is C12H10Br2O2. The number of hydrogen-bond donors (Lipinski definition) is 0. The molecule has 1 aromatic carbocycles. The lowest BCUT2D eigenvalue weighted by atomic mass is 10.1. The molecule has 0 aromatic heterocycles. The Labute approximate surface area is 111 Å². The second kappa shape index (κ2) is 4.43. The van der Waals surface area contributed by atoms with E-state index < -0.39 is 5.60 Å². The number of ketones is 1. The summed E-state index contributed by atoms with van der Waals surface area (Å²) in [6.45, 7) is 2.31. The summed E-state index contributed by atoms with van der Waals surface area (Å²) < 4.78 is 6.68. The van der Waals surface area contributed by atoms with Crippen LogP contribution < -0.4 is 0 Å². The Bertz CT molecular complexity index is 445. The van der Waals surface area contributed by atoms with Gasteiger partial charge >= 0.3 is 0 Å². The number of halogens is 2. The van der Waals surface area contributed by atoms with Crippen molar-refractivity contribution in [3.05, 3.63) is 38.8 Å². The summed E-state index contributed by atoms with van der Waals surface area (Å²) in [6, 6.07) is 7.75. The average molecular weight is 346 g/mol. The van der Waals surface area contributed by atoms with Gasteiger partial charge in [0.1, 0.15) is 0 Å². The Morgan fingerprint density at radius 2 is 2.00 bits per heavy atom. The molecule has 1 fully saturated rings. The zero-order valence-electron chi connectivity index (χ0n) is 8.67. The maximum absolute atomic E-state index is 11.8. The highest BCUT2D eigenvalue weighted by Gasteiger charge is 2.47. The van der Waals surface area contributed by atoms with Crippen LogP contribution in [0.15, 0.2) is 33.2 Å². The van der Waals surface area contributed by atoms with E-state index in [2.05, 4.69) is 31.9 Å². The molecule has 1 aromatic rings. The van der Waals surface area contributed by atoms with Gasteiger partial charge in [-0.05, 0) is 46.6 Å². The molecule has 0 radical (unpaired) electrons. The molecule has 0 spiro atoms. The fraction of sp³-hybridized carbons (Fsp3) is 0.250.